The second kappa shape index (κ2) is 7.29. The first kappa shape index (κ1) is 17.7. The number of hydrogen-bond donors (Lipinski definition) is 1. The standard InChI is InChI=1S/C16H23N5O3/c1-5-19(9-13-11(3)17-21(6-2)12(13)4)15(22)10-20-8-7-14(18-20)16(23)24/h7-8H,5-6,9-10H2,1-4H3,(H,23,24). The molecule has 24 heavy (non-hydrogen) atoms. The molecule has 130 valence electrons. The van der Waals surface area contributed by atoms with Crippen LogP contribution in [-0.2, 0) is 24.4 Å². The number of aromatic carboxylic acids is 1. The Morgan fingerprint density at radius 1 is 1.25 bits per heavy atom. The fraction of sp³-hybridized carbons (Fsp3) is 0.500. The number of hydrogen-bond acceptors (Lipinski definition) is 4. The van der Waals surface area contributed by atoms with Crippen molar-refractivity contribution in [1.82, 2.24) is 24.5 Å². The number of aryl methyl sites for hydroxylation is 2. The largest absolute Gasteiger partial charge is 0.476 e. The Hall–Kier alpha value is -2.64. The molecule has 0 radical (unpaired) electrons. The molecule has 1 amide bonds. The van der Waals surface area contributed by atoms with Gasteiger partial charge in [0.05, 0.1) is 5.69 Å². The molecule has 0 aliphatic rings. The van der Waals surface area contributed by atoms with Crippen LogP contribution in [0.3, 0.4) is 0 Å². The molecule has 2 aromatic rings. The van der Waals surface area contributed by atoms with Gasteiger partial charge in [-0.3, -0.25) is 14.2 Å². The van der Waals surface area contributed by atoms with Crippen molar-refractivity contribution in [2.45, 2.75) is 47.3 Å². The zero-order valence-electron chi connectivity index (χ0n) is 14.5. The van der Waals surface area contributed by atoms with Crippen LogP contribution in [0, 0.1) is 13.8 Å². The molecule has 0 unspecified atom stereocenters. The topological polar surface area (TPSA) is 93.2 Å². The Morgan fingerprint density at radius 3 is 2.46 bits per heavy atom. The van der Waals surface area contributed by atoms with Crippen LogP contribution in [0.25, 0.3) is 0 Å². The molecule has 1 N–H and O–H groups in total. The van der Waals surface area contributed by atoms with Gasteiger partial charge in [0.2, 0.25) is 5.91 Å². The van der Waals surface area contributed by atoms with Crippen LogP contribution in [0.1, 0.15) is 41.3 Å². The first-order valence-corrected chi connectivity index (χ1v) is 7.94. The summed E-state index contributed by atoms with van der Waals surface area (Å²) < 4.78 is 3.28. The highest BCUT2D eigenvalue weighted by molar-refractivity contribution is 5.85. The molecular weight excluding hydrogens is 310 g/mol. The van der Waals surface area contributed by atoms with Crippen molar-refractivity contribution < 1.29 is 14.7 Å². The van der Waals surface area contributed by atoms with E-state index in [1.54, 1.807) is 4.90 Å². The van der Waals surface area contributed by atoms with Gasteiger partial charge in [-0.25, -0.2) is 4.79 Å². The van der Waals surface area contributed by atoms with Gasteiger partial charge in [0.15, 0.2) is 5.69 Å². The highest BCUT2D eigenvalue weighted by atomic mass is 16.4. The van der Waals surface area contributed by atoms with E-state index in [1.807, 2.05) is 32.4 Å². The predicted octanol–water partition coefficient (Wildman–Crippen LogP) is 1.46. The third kappa shape index (κ3) is 3.64. The van der Waals surface area contributed by atoms with Gasteiger partial charge in [0.1, 0.15) is 6.54 Å². The van der Waals surface area contributed by atoms with Crippen LogP contribution in [0.5, 0.6) is 0 Å². The molecule has 0 saturated heterocycles. The average Bonchev–Trinajstić information content (AvgIpc) is 3.10. The minimum Gasteiger partial charge on any atom is -0.476 e. The van der Waals surface area contributed by atoms with E-state index in [1.165, 1.54) is 16.9 Å². The van der Waals surface area contributed by atoms with Crippen molar-refractivity contribution in [3.8, 4) is 0 Å². The summed E-state index contributed by atoms with van der Waals surface area (Å²) in [5.41, 5.74) is 2.97. The Bertz CT molecular complexity index is 747. The SMILES string of the molecule is CCN(Cc1c(C)nn(CC)c1C)C(=O)Cn1ccc(C(=O)O)n1. The number of amides is 1. The molecule has 0 bridgehead atoms. The van der Waals surface area contributed by atoms with Crippen molar-refractivity contribution in [2.75, 3.05) is 6.54 Å². The van der Waals surface area contributed by atoms with Gasteiger partial charge in [-0.1, -0.05) is 0 Å². The second-order valence-electron chi connectivity index (χ2n) is 5.58. The molecule has 8 heteroatoms. The summed E-state index contributed by atoms with van der Waals surface area (Å²) in [4.78, 5) is 25.1. The maximum Gasteiger partial charge on any atom is 0.356 e. The monoisotopic (exact) mass is 333 g/mol. The lowest BCUT2D eigenvalue weighted by Crippen LogP contribution is -2.33. The maximum absolute atomic E-state index is 12.5. The second-order valence-corrected chi connectivity index (χ2v) is 5.58. The van der Waals surface area contributed by atoms with Gasteiger partial charge >= 0.3 is 5.97 Å². The summed E-state index contributed by atoms with van der Waals surface area (Å²) in [6.45, 7) is 9.74. The van der Waals surface area contributed by atoms with E-state index in [4.69, 9.17) is 5.11 Å². The number of carbonyl (C=O) groups excluding carboxylic acids is 1. The molecule has 0 saturated carbocycles. The lowest BCUT2D eigenvalue weighted by Gasteiger charge is -2.21. The first-order chi connectivity index (χ1) is 11.4. The Kier molecular flexibility index (Phi) is 5.38. The summed E-state index contributed by atoms with van der Waals surface area (Å²) in [7, 11) is 0. The Balaban J connectivity index is 2.11. The smallest absolute Gasteiger partial charge is 0.356 e. The van der Waals surface area contributed by atoms with Crippen LogP contribution in [-0.4, -0.2) is 48.0 Å². The number of carboxylic acid groups (broad SMARTS) is 1. The number of aromatic nitrogens is 4. The summed E-state index contributed by atoms with van der Waals surface area (Å²) >= 11 is 0. The van der Waals surface area contributed by atoms with Gasteiger partial charge in [0.25, 0.3) is 0 Å². The zero-order valence-corrected chi connectivity index (χ0v) is 14.5. The molecule has 0 atom stereocenters. The number of rotatable bonds is 7. The summed E-state index contributed by atoms with van der Waals surface area (Å²) in [5.74, 6) is -1.22. The number of carbonyl (C=O) groups is 2. The van der Waals surface area contributed by atoms with E-state index in [-0.39, 0.29) is 18.1 Å². The van der Waals surface area contributed by atoms with Crippen molar-refractivity contribution in [2.24, 2.45) is 0 Å². The average molecular weight is 333 g/mol. The fourth-order valence-corrected chi connectivity index (χ4v) is 2.64. The number of likely N-dealkylation sites (N-methyl/N-ethyl adjacent to an activating group) is 1. The third-order valence-electron chi connectivity index (χ3n) is 4.07. The lowest BCUT2D eigenvalue weighted by molar-refractivity contribution is -0.132. The minimum absolute atomic E-state index is 0.0150. The van der Waals surface area contributed by atoms with Gasteiger partial charge < -0.3 is 10.0 Å². The summed E-state index contributed by atoms with van der Waals surface area (Å²) in [6.07, 6.45) is 1.50. The number of carboxylic acids is 1. The molecule has 0 spiro atoms. The summed E-state index contributed by atoms with van der Waals surface area (Å²) in [5, 5.41) is 17.2. The highest BCUT2D eigenvalue weighted by Gasteiger charge is 2.19. The van der Waals surface area contributed by atoms with Crippen molar-refractivity contribution in [3.05, 3.63) is 34.9 Å². The van der Waals surface area contributed by atoms with E-state index in [9.17, 15) is 9.59 Å². The van der Waals surface area contributed by atoms with E-state index >= 15 is 0 Å². The molecule has 0 fully saturated rings. The van der Waals surface area contributed by atoms with E-state index < -0.39 is 5.97 Å². The first-order valence-electron chi connectivity index (χ1n) is 7.94. The molecule has 2 heterocycles. The van der Waals surface area contributed by atoms with E-state index in [0.29, 0.717) is 13.1 Å². The molecule has 0 aliphatic heterocycles. The van der Waals surface area contributed by atoms with Crippen molar-refractivity contribution >= 4 is 11.9 Å². The van der Waals surface area contributed by atoms with Crippen LogP contribution in [0.15, 0.2) is 12.3 Å². The van der Waals surface area contributed by atoms with Crippen LogP contribution >= 0.6 is 0 Å². The molecule has 0 aromatic carbocycles. The normalized spacial score (nSPS) is 10.8. The van der Waals surface area contributed by atoms with Crippen LogP contribution < -0.4 is 0 Å². The van der Waals surface area contributed by atoms with Gasteiger partial charge in [-0.15, -0.1) is 0 Å². The molecule has 2 aromatic heterocycles. The maximum atomic E-state index is 12.5. The minimum atomic E-state index is -1.10. The van der Waals surface area contributed by atoms with Crippen LogP contribution in [0.2, 0.25) is 0 Å². The van der Waals surface area contributed by atoms with Crippen molar-refractivity contribution in [1.29, 1.82) is 0 Å². The summed E-state index contributed by atoms with van der Waals surface area (Å²) in [6, 6.07) is 1.38. The third-order valence-corrected chi connectivity index (χ3v) is 4.07. The molecule has 0 aliphatic carbocycles. The fourth-order valence-electron chi connectivity index (χ4n) is 2.64. The van der Waals surface area contributed by atoms with Gasteiger partial charge in [-0.05, 0) is 33.8 Å². The number of nitrogens with zero attached hydrogens (tertiary/aromatic N) is 5. The quantitative estimate of drug-likeness (QED) is 0.828. The van der Waals surface area contributed by atoms with Crippen LogP contribution in [0.4, 0.5) is 0 Å². The lowest BCUT2D eigenvalue weighted by atomic mass is 10.2. The zero-order chi connectivity index (χ0) is 17.9. The molecule has 2 rings (SSSR count). The Morgan fingerprint density at radius 2 is 1.96 bits per heavy atom. The van der Waals surface area contributed by atoms with Gasteiger partial charge in [0, 0.05) is 37.1 Å². The van der Waals surface area contributed by atoms with Gasteiger partial charge in [-0.2, -0.15) is 10.2 Å². The molecule has 8 nitrogen and oxygen atoms in total. The van der Waals surface area contributed by atoms with E-state index in [0.717, 1.165) is 23.5 Å². The Labute approximate surface area is 140 Å². The van der Waals surface area contributed by atoms with Crippen molar-refractivity contribution in [3.63, 3.8) is 0 Å². The van der Waals surface area contributed by atoms with E-state index in [2.05, 4.69) is 10.2 Å². The highest BCUT2D eigenvalue weighted by Crippen LogP contribution is 2.16. The molecular formula is C16H23N5O3. The predicted molar refractivity (Wildman–Crippen MR) is 87.7 cm³/mol.